The SMILES string of the molecule is COc1cc(OCCNCCc2ccc(Cl)c(Cl)c2)ccc1/C=N/NC(=O)c1ccc(O)c(Cl)c1. The van der Waals surface area contributed by atoms with Gasteiger partial charge in [0.1, 0.15) is 23.9 Å². The number of hydrogen-bond donors (Lipinski definition) is 3. The fourth-order valence-corrected chi connectivity index (χ4v) is 3.56. The second kappa shape index (κ2) is 13.2. The van der Waals surface area contributed by atoms with Crippen LogP contribution in [0.3, 0.4) is 0 Å². The van der Waals surface area contributed by atoms with E-state index < -0.39 is 5.91 Å². The number of carbonyl (C=O) groups excluding carboxylic acids is 1. The molecule has 3 rings (SSSR count). The molecule has 3 aromatic carbocycles. The second-order valence-corrected chi connectivity index (χ2v) is 8.59. The highest BCUT2D eigenvalue weighted by Crippen LogP contribution is 2.25. The Morgan fingerprint density at radius 1 is 1.00 bits per heavy atom. The van der Waals surface area contributed by atoms with E-state index in [9.17, 15) is 9.90 Å². The number of methoxy groups -OCH3 is 1. The number of nitrogens with one attached hydrogen (secondary N) is 2. The van der Waals surface area contributed by atoms with E-state index in [0.717, 1.165) is 18.5 Å². The molecule has 7 nitrogen and oxygen atoms in total. The van der Waals surface area contributed by atoms with Crippen molar-refractivity contribution in [2.75, 3.05) is 26.8 Å². The number of ether oxygens (including phenoxy) is 2. The van der Waals surface area contributed by atoms with Crippen molar-refractivity contribution in [2.45, 2.75) is 6.42 Å². The lowest BCUT2D eigenvalue weighted by Crippen LogP contribution is -2.23. The fourth-order valence-electron chi connectivity index (χ4n) is 3.05. The highest BCUT2D eigenvalue weighted by atomic mass is 35.5. The third-order valence-electron chi connectivity index (χ3n) is 4.91. The van der Waals surface area contributed by atoms with E-state index in [1.54, 1.807) is 24.3 Å². The minimum Gasteiger partial charge on any atom is -0.506 e. The molecule has 0 bridgehead atoms. The number of aromatic hydroxyl groups is 1. The second-order valence-electron chi connectivity index (χ2n) is 7.37. The molecule has 0 atom stereocenters. The summed E-state index contributed by atoms with van der Waals surface area (Å²) in [4.78, 5) is 12.2. The smallest absolute Gasteiger partial charge is 0.271 e. The molecule has 0 aromatic heterocycles. The number of hydrazone groups is 1. The van der Waals surface area contributed by atoms with E-state index in [-0.39, 0.29) is 16.3 Å². The van der Waals surface area contributed by atoms with Crippen molar-refractivity contribution in [1.82, 2.24) is 10.7 Å². The molecule has 0 aliphatic heterocycles. The Morgan fingerprint density at radius 2 is 1.83 bits per heavy atom. The van der Waals surface area contributed by atoms with Crippen LogP contribution >= 0.6 is 34.8 Å². The average molecular weight is 537 g/mol. The maximum absolute atomic E-state index is 12.2. The number of phenolic OH excluding ortho intramolecular Hbond substituents is 1. The maximum atomic E-state index is 12.2. The monoisotopic (exact) mass is 535 g/mol. The van der Waals surface area contributed by atoms with Crippen molar-refractivity contribution >= 4 is 46.9 Å². The zero-order valence-corrected chi connectivity index (χ0v) is 21.1. The topological polar surface area (TPSA) is 92.2 Å². The Kier molecular flexibility index (Phi) is 10.0. The van der Waals surface area contributed by atoms with Gasteiger partial charge >= 0.3 is 0 Å². The van der Waals surface area contributed by atoms with Crippen molar-refractivity contribution in [2.24, 2.45) is 5.10 Å². The number of benzene rings is 3. The molecule has 35 heavy (non-hydrogen) atoms. The molecule has 0 saturated carbocycles. The van der Waals surface area contributed by atoms with Crippen LogP contribution in [0.4, 0.5) is 0 Å². The van der Waals surface area contributed by atoms with Gasteiger partial charge in [0, 0.05) is 23.7 Å². The molecular formula is C25H24Cl3N3O4. The molecular weight excluding hydrogens is 513 g/mol. The lowest BCUT2D eigenvalue weighted by Gasteiger charge is -2.11. The van der Waals surface area contributed by atoms with E-state index in [1.165, 1.54) is 31.5 Å². The molecule has 0 heterocycles. The first-order chi connectivity index (χ1) is 16.9. The average Bonchev–Trinajstić information content (AvgIpc) is 2.85. The Labute approximate surface area is 218 Å². The van der Waals surface area contributed by atoms with Gasteiger partial charge in [-0.25, -0.2) is 5.43 Å². The van der Waals surface area contributed by atoms with Crippen LogP contribution in [-0.4, -0.2) is 44.0 Å². The van der Waals surface area contributed by atoms with Crippen molar-refractivity contribution < 1.29 is 19.4 Å². The molecule has 0 aliphatic rings. The van der Waals surface area contributed by atoms with Crippen LogP contribution in [0.5, 0.6) is 17.2 Å². The first-order valence-electron chi connectivity index (χ1n) is 10.6. The summed E-state index contributed by atoms with van der Waals surface area (Å²) in [5.41, 5.74) is 4.45. The Balaban J connectivity index is 1.44. The van der Waals surface area contributed by atoms with E-state index >= 15 is 0 Å². The molecule has 0 unspecified atom stereocenters. The van der Waals surface area contributed by atoms with Gasteiger partial charge in [0.15, 0.2) is 0 Å². The summed E-state index contributed by atoms with van der Waals surface area (Å²) in [6.45, 7) is 1.92. The summed E-state index contributed by atoms with van der Waals surface area (Å²) >= 11 is 17.8. The molecule has 0 radical (unpaired) electrons. The molecule has 0 fully saturated rings. The van der Waals surface area contributed by atoms with Crippen LogP contribution in [0, 0.1) is 0 Å². The van der Waals surface area contributed by atoms with Gasteiger partial charge in [-0.2, -0.15) is 5.10 Å². The molecule has 0 spiro atoms. The van der Waals surface area contributed by atoms with Gasteiger partial charge in [0.2, 0.25) is 0 Å². The van der Waals surface area contributed by atoms with Gasteiger partial charge in [-0.05, 0) is 61.0 Å². The number of nitrogens with zero attached hydrogens (tertiary/aromatic N) is 1. The van der Waals surface area contributed by atoms with Gasteiger partial charge in [0.05, 0.1) is 28.4 Å². The molecule has 0 saturated heterocycles. The van der Waals surface area contributed by atoms with E-state index in [4.69, 9.17) is 44.3 Å². The summed E-state index contributed by atoms with van der Waals surface area (Å²) in [6, 6.07) is 15.1. The predicted molar refractivity (Wildman–Crippen MR) is 140 cm³/mol. The summed E-state index contributed by atoms with van der Waals surface area (Å²) in [5, 5.41) is 17.9. The van der Waals surface area contributed by atoms with Gasteiger partial charge in [-0.3, -0.25) is 4.79 Å². The van der Waals surface area contributed by atoms with E-state index in [1.807, 2.05) is 12.1 Å². The van der Waals surface area contributed by atoms with Gasteiger partial charge in [-0.1, -0.05) is 40.9 Å². The van der Waals surface area contributed by atoms with Crippen LogP contribution in [0.15, 0.2) is 59.7 Å². The summed E-state index contributed by atoms with van der Waals surface area (Å²) in [7, 11) is 1.54. The number of amides is 1. The largest absolute Gasteiger partial charge is 0.506 e. The molecule has 3 N–H and O–H groups in total. The van der Waals surface area contributed by atoms with E-state index in [0.29, 0.717) is 40.3 Å². The predicted octanol–water partition coefficient (Wildman–Crippen LogP) is 5.34. The Morgan fingerprint density at radius 3 is 2.57 bits per heavy atom. The molecule has 0 aliphatic carbocycles. The minimum absolute atomic E-state index is 0.0838. The zero-order valence-electron chi connectivity index (χ0n) is 18.9. The third-order valence-corrected chi connectivity index (χ3v) is 5.95. The van der Waals surface area contributed by atoms with Crippen molar-refractivity contribution in [3.05, 3.63) is 86.4 Å². The summed E-state index contributed by atoms with van der Waals surface area (Å²) in [5.74, 6) is 0.625. The number of rotatable bonds is 11. The molecule has 184 valence electrons. The van der Waals surface area contributed by atoms with Crippen molar-refractivity contribution in [3.8, 4) is 17.2 Å². The summed E-state index contributed by atoms with van der Waals surface area (Å²) in [6.07, 6.45) is 2.29. The number of phenols is 1. The van der Waals surface area contributed by atoms with Gasteiger partial charge in [0.25, 0.3) is 5.91 Å². The zero-order chi connectivity index (χ0) is 25.2. The lowest BCUT2D eigenvalue weighted by atomic mass is 10.1. The first kappa shape index (κ1) is 26.6. The molecule has 1 amide bonds. The third kappa shape index (κ3) is 8.04. The quantitative estimate of drug-likeness (QED) is 0.175. The molecule has 10 heteroatoms. The Hall–Kier alpha value is -2.97. The van der Waals surface area contributed by atoms with Crippen LogP contribution in [-0.2, 0) is 6.42 Å². The van der Waals surface area contributed by atoms with Gasteiger partial charge in [-0.15, -0.1) is 0 Å². The standard InChI is InChI=1S/C25H24Cl3N3O4/c1-34-24-14-19(35-11-10-29-9-8-16-2-6-20(26)21(27)12-16)5-3-18(24)15-30-31-25(33)17-4-7-23(32)22(28)13-17/h2-7,12-15,29,32H,8-11H2,1H3,(H,31,33)/b30-15+. The Bertz CT molecular complexity index is 1200. The molecule has 3 aromatic rings. The summed E-state index contributed by atoms with van der Waals surface area (Å²) < 4.78 is 11.2. The van der Waals surface area contributed by atoms with Crippen molar-refractivity contribution in [1.29, 1.82) is 0 Å². The number of hydrogen-bond acceptors (Lipinski definition) is 6. The highest BCUT2D eigenvalue weighted by molar-refractivity contribution is 6.42. The number of carbonyl (C=O) groups is 1. The van der Waals surface area contributed by atoms with Crippen LogP contribution in [0.1, 0.15) is 21.5 Å². The van der Waals surface area contributed by atoms with E-state index in [2.05, 4.69) is 15.8 Å². The van der Waals surface area contributed by atoms with Crippen LogP contribution in [0.2, 0.25) is 15.1 Å². The lowest BCUT2D eigenvalue weighted by molar-refractivity contribution is 0.0955. The number of halogens is 3. The maximum Gasteiger partial charge on any atom is 0.271 e. The normalized spacial score (nSPS) is 11.0. The highest BCUT2D eigenvalue weighted by Gasteiger charge is 2.08. The van der Waals surface area contributed by atoms with Crippen molar-refractivity contribution in [3.63, 3.8) is 0 Å². The fraction of sp³-hybridized carbons (Fsp3) is 0.200. The first-order valence-corrected chi connectivity index (χ1v) is 11.8. The van der Waals surface area contributed by atoms with Crippen LogP contribution < -0.4 is 20.2 Å². The van der Waals surface area contributed by atoms with Gasteiger partial charge < -0.3 is 19.9 Å². The van der Waals surface area contributed by atoms with Crippen LogP contribution in [0.25, 0.3) is 0 Å². The minimum atomic E-state index is -0.464.